The molecule has 3 rings (SSSR count). The number of nitrogens with zero attached hydrogens (tertiary/aromatic N) is 2. The Morgan fingerprint density at radius 1 is 1.00 bits per heavy atom. The smallest absolute Gasteiger partial charge is 0.269 e. The highest BCUT2D eigenvalue weighted by Gasteiger charge is 2.31. The summed E-state index contributed by atoms with van der Waals surface area (Å²) in [7, 11) is 0. The van der Waals surface area contributed by atoms with Gasteiger partial charge >= 0.3 is 0 Å². The number of nitro groups is 1. The fourth-order valence-electron chi connectivity index (χ4n) is 3.88. The fraction of sp³-hybridized carbons (Fsp3) is 0.310. The number of carbonyl (C=O) groups excluding carboxylic acids is 2. The quantitative estimate of drug-likeness (QED) is 0.188. The number of non-ortho nitro benzene ring substituents is 1. The zero-order valence-corrected chi connectivity index (χ0v) is 23.9. The summed E-state index contributed by atoms with van der Waals surface area (Å²) >= 11 is 4.93. The van der Waals surface area contributed by atoms with Gasteiger partial charge in [-0.15, -0.1) is 11.8 Å². The second-order valence-corrected chi connectivity index (χ2v) is 11.0. The second-order valence-electron chi connectivity index (χ2n) is 9.09. The van der Waals surface area contributed by atoms with Crippen LogP contribution in [0.25, 0.3) is 0 Å². The molecule has 200 valence electrons. The van der Waals surface area contributed by atoms with E-state index in [0.717, 1.165) is 27.6 Å². The summed E-state index contributed by atoms with van der Waals surface area (Å²) in [6, 6.07) is 23.1. The molecule has 2 atom stereocenters. The topological polar surface area (TPSA) is 92.6 Å². The van der Waals surface area contributed by atoms with Crippen LogP contribution in [0.3, 0.4) is 0 Å². The van der Waals surface area contributed by atoms with Crippen molar-refractivity contribution in [3.63, 3.8) is 0 Å². The van der Waals surface area contributed by atoms with Crippen LogP contribution < -0.4 is 5.32 Å². The standard InChI is InChI=1S/C29H32BrN3O4S/c1-3-21(2)31-29(35)27(17-22-8-5-4-6-9-22)32(18-24-10-7-11-25(30)16-24)28(34)20-38-19-23-12-14-26(15-13-23)33(36)37/h4-16,21,27H,3,17-20H2,1-2H3,(H,31,35)/t21-,27+/m1/s1. The highest BCUT2D eigenvalue weighted by Crippen LogP contribution is 2.21. The van der Waals surface area contributed by atoms with Gasteiger partial charge in [-0.3, -0.25) is 19.7 Å². The lowest BCUT2D eigenvalue weighted by Crippen LogP contribution is -2.52. The highest BCUT2D eigenvalue weighted by atomic mass is 79.9. The molecule has 0 spiro atoms. The molecule has 7 nitrogen and oxygen atoms in total. The van der Waals surface area contributed by atoms with Crippen molar-refractivity contribution in [3.05, 3.63) is 110 Å². The lowest BCUT2D eigenvalue weighted by Gasteiger charge is -2.32. The molecule has 0 aliphatic rings. The third-order valence-corrected chi connectivity index (χ3v) is 7.64. The first-order chi connectivity index (χ1) is 18.3. The van der Waals surface area contributed by atoms with E-state index in [2.05, 4.69) is 21.2 Å². The Hall–Kier alpha value is -3.17. The number of carbonyl (C=O) groups is 2. The highest BCUT2D eigenvalue weighted by molar-refractivity contribution is 9.10. The average Bonchev–Trinajstić information content (AvgIpc) is 2.91. The van der Waals surface area contributed by atoms with Gasteiger partial charge in [0.2, 0.25) is 11.8 Å². The van der Waals surface area contributed by atoms with E-state index in [-0.39, 0.29) is 29.3 Å². The van der Waals surface area contributed by atoms with E-state index in [1.807, 2.05) is 68.4 Å². The van der Waals surface area contributed by atoms with Crippen LogP contribution in [0.2, 0.25) is 0 Å². The van der Waals surface area contributed by atoms with Gasteiger partial charge in [0.1, 0.15) is 6.04 Å². The predicted molar refractivity (Wildman–Crippen MR) is 156 cm³/mol. The summed E-state index contributed by atoms with van der Waals surface area (Å²) in [5, 5.41) is 14.0. The number of thioether (sulfide) groups is 1. The number of hydrogen-bond donors (Lipinski definition) is 1. The molecule has 0 saturated carbocycles. The van der Waals surface area contributed by atoms with Gasteiger partial charge in [-0.1, -0.05) is 77.5 Å². The lowest BCUT2D eigenvalue weighted by molar-refractivity contribution is -0.384. The van der Waals surface area contributed by atoms with Gasteiger partial charge in [-0.25, -0.2) is 0 Å². The van der Waals surface area contributed by atoms with Crippen molar-refractivity contribution in [2.75, 3.05) is 5.75 Å². The Kier molecular flexibility index (Phi) is 11.4. The number of amides is 2. The van der Waals surface area contributed by atoms with Crippen LogP contribution in [-0.2, 0) is 28.3 Å². The minimum atomic E-state index is -0.683. The zero-order valence-electron chi connectivity index (χ0n) is 21.5. The van der Waals surface area contributed by atoms with Crippen molar-refractivity contribution in [1.29, 1.82) is 0 Å². The Balaban J connectivity index is 1.83. The molecule has 0 aromatic heterocycles. The van der Waals surface area contributed by atoms with Crippen LogP contribution >= 0.6 is 27.7 Å². The first-order valence-corrected chi connectivity index (χ1v) is 14.4. The van der Waals surface area contributed by atoms with Gasteiger partial charge in [0.05, 0.1) is 10.7 Å². The van der Waals surface area contributed by atoms with Crippen molar-refractivity contribution in [2.24, 2.45) is 0 Å². The Morgan fingerprint density at radius 2 is 1.68 bits per heavy atom. The van der Waals surface area contributed by atoms with Crippen LogP contribution in [-0.4, -0.2) is 39.5 Å². The van der Waals surface area contributed by atoms with E-state index in [1.54, 1.807) is 17.0 Å². The fourth-order valence-corrected chi connectivity index (χ4v) is 5.20. The van der Waals surface area contributed by atoms with E-state index in [1.165, 1.54) is 23.9 Å². The molecule has 1 N–H and O–H groups in total. The number of halogens is 1. The van der Waals surface area contributed by atoms with Crippen molar-refractivity contribution in [3.8, 4) is 0 Å². The van der Waals surface area contributed by atoms with Crippen LogP contribution in [0.15, 0.2) is 83.3 Å². The second kappa shape index (κ2) is 14.7. The monoisotopic (exact) mass is 597 g/mol. The summed E-state index contributed by atoms with van der Waals surface area (Å²) in [6.45, 7) is 4.26. The molecule has 3 aromatic rings. The SMILES string of the molecule is CC[C@@H](C)NC(=O)[C@H](Cc1ccccc1)N(Cc1cccc(Br)c1)C(=O)CSCc1ccc([N+](=O)[O-])cc1. The molecule has 0 aliphatic heterocycles. The van der Waals surface area contributed by atoms with E-state index in [0.29, 0.717) is 18.7 Å². The number of benzene rings is 3. The number of rotatable bonds is 13. The van der Waals surface area contributed by atoms with Crippen LogP contribution in [0.4, 0.5) is 5.69 Å². The molecule has 0 heterocycles. The maximum Gasteiger partial charge on any atom is 0.269 e. The van der Waals surface area contributed by atoms with Crippen molar-refractivity contribution in [1.82, 2.24) is 10.2 Å². The van der Waals surface area contributed by atoms with Gasteiger partial charge < -0.3 is 10.2 Å². The molecular formula is C29H32BrN3O4S. The van der Waals surface area contributed by atoms with E-state index >= 15 is 0 Å². The summed E-state index contributed by atoms with van der Waals surface area (Å²) < 4.78 is 0.901. The number of hydrogen-bond acceptors (Lipinski definition) is 5. The van der Waals surface area contributed by atoms with Crippen molar-refractivity contribution >= 4 is 45.2 Å². The molecule has 3 aromatic carbocycles. The van der Waals surface area contributed by atoms with Crippen LogP contribution in [0.5, 0.6) is 0 Å². The minimum absolute atomic E-state index is 0.0138. The van der Waals surface area contributed by atoms with Gasteiger partial charge in [-0.2, -0.15) is 0 Å². The first kappa shape index (κ1) is 29.4. The lowest BCUT2D eigenvalue weighted by atomic mass is 10.0. The van der Waals surface area contributed by atoms with E-state index < -0.39 is 11.0 Å². The van der Waals surface area contributed by atoms with Crippen molar-refractivity contribution < 1.29 is 14.5 Å². The first-order valence-electron chi connectivity index (χ1n) is 12.5. The van der Waals surface area contributed by atoms with Gasteiger partial charge in [0.25, 0.3) is 5.69 Å². The van der Waals surface area contributed by atoms with E-state index in [9.17, 15) is 19.7 Å². The summed E-state index contributed by atoms with van der Waals surface area (Å²) in [5.74, 6) is 0.382. The molecule has 2 amide bonds. The zero-order chi connectivity index (χ0) is 27.5. The third kappa shape index (κ3) is 8.99. The molecular weight excluding hydrogens is 566 g/mol. The molecule has 0 radical (unpaired) electrons. The number of nitrogens with one attached hydrogen (secondary N) is 1. The number of nitro benzene ring substituents is 1. The average molecular weight is 599 g/mol. The molecule has 0 fully saturated rings. The molecule has 38 heavy (non-hydrogen) atoms. The van der Waals surface area contributed by atoms with E-state index in [4.69, 9.17) is 0 Å². The largest absolute Gasteiger partial charge is 0.352 e. The summed E-state index contributed by atoms with van der Waals surface area (Å²) in [6.07, 6.45) is 1.18. The molecule has 0 aliphatic carbocycles. The minimum Gasteiger partial charge on any atom is -0.352 e. The predicted octanol–water partition coefficient (Wildman–Crippen LogP) is 6.15. The normalized spacial score (nSPS) is 12.4. The molecule has 0 unspecified atom stereocenters. The van der Waals surface area contributed by atoms with Gasteiger partial charge in [-0.05, 0) is 42.2 Å². The Morgan fingerprint density at radius 3 is 2.32 bits per heavy atom. The maximum absolute atomic E-state index is 13.7. The van der Waals surface area contributed by atoms with Crippen LogP contribution in [0.1, 0.15) is 37.0 Å². The maximum atomic E-state index is 13.7. The van der Waals surface area contributed by atoms with Crippen molar-refractivity contribution in [2.45, 2.75) is 51.1 Å². The Labute approximate surface area is 236 Å². The van der Waals surface area contributed by atoms with Crippen LogP contribution in [0, 0.1) is 10.1 Å². The van der Waals surface area contributed by atoms with Gasteiger partial charge in [0, 0.05) is 41.4 Å². The molecule has 9 heteroatoms. The summed E-state index contributed by atoms with van der Waals surface area (Å²) in [5.41, 5.74) is 2.82. The molecule has 0 bridgehead atoms. The third-order valence-electron chi connectivity index (χ3n) is 6.16. The molecule has 0 saturated heterocycles. The Bertz CT molecular complexity index is 1220. The summed E-state index contributed by atoms with van der Waals surface area (Å²) in [4.78, 5) is 39.4. The van der Waals surface area contributed by atoms with Gasteiger partial charge in [0.15, 0.2) is 0 Å².